The van der Waals surface area contributed by atoms with Crippen LogP contribution in [0.25, 0.3) is 0 Å². The van der Waals surface area contributed by atoms with Gasteiger partial charge in [0.2, 0.25) is 5.91 Å². The maximum absolute atomic E-state index is 11.0. The lowest BCUT2D eigenvalue weighted by Crippen LogP contribution is -2.43. The van der Waals surface area contributed by atoms with Crippen molar-refractivity contribution in [2.24, 2.45) is 5.73 Å². The van der Waals surface area contributed by atoms with Gasteiger partial charge in [-0.1, -0.05) is 6.07 Å². The molecule has 1 aromatic carbocycles. The average Bonchev–Trinajstić information content (AvgIpc) is 2.31. The van der Waals surface area contributed by atoms with Gasteiger partial charge in [0.25, 0.3) is 0 Å². The van der Waals surface area contributed by atoms with Crippen LogP contribution in [-0.4, -0.2) is 32.7 Å². The molecule has 1 aromatic rings. The molecule has 0 bridgehead atoms. The molecule has 0 spiro atoms. The van der Waals surface area contributed by atoms with Crippen molar-refractivity contribution in [3.63, 3.8) is 0 Å². The van der Waals surface area contributed by atoms with Gasteiger partial charge < -0.3 is 20.5 Å². The van der Waals surface area contributed by atoms with Crippen molar-refractivity contribution < 1.29 is 14.3 Å². The van der Waals surface area contributed by atoms with Crippen LogP contribution in [0.3, 0.4) is 0 Å². The number of nitrogens with one attached hydrogen (secondary N) is 1. The number of carbonyl (C=O) groups excluding carboxylic acids is 1. The summed E-state index contributed by atoms with van der Waals surface area (Å²) in [6.45, 7) is 2.14. The third-order valence-corrected chi connectivity index (χ3v) is 2.42. The van der Waals surface area contributed by atoms with Crippen molar-refractivity contribution in [2.45, 2.75) is 13.0 Å². The normalized spacial score (nSPS) is 11.9. The highest BCUT2D eigenvalue weighted by molar-refractivity contribution is 5.80. The molecule has 0 fully saturated rings. The minimum absolute atomic E-state index is 0.172. The average molecular weight is 238 g/mol. The third-order valence-electron chi connectivity index (χ3n) is 2.42. The zero-order chi connectivity index (χ0) is 12.8. The molecule has 0 aromatic heterocycles. The molecule has 1 rings (SSSR count). The maximum atomic E-state index is 11.0. The molecule has 0 saturated heterocycles. The van der Waals surface area contributed by atoms with Gasteiger partial charge in [-0.3, -0.25) is 4.79 Å². The van der Waals surface area contributed by atoms with Crippen molar-refractivity contribution in [2.75, 3.05) is 20.8 Å². The van der Waals surface area contributed by atoms with Crippen LogP contribution in [0.1, 0.15) is 5.56 Å². The molecular weight excluding hydrogens is 220 g/mol. The topological polar surface area (TPSA) is 73.6 Å². The number of rotatable bonds is 6. The smallest absolute Gasteiger partial charge is 0.238 e. The van der Waals surface area contributed by atoms with Gasteiger partial charge in [0, 0.05) is 0 Å². The van der Waals surface area contributed by atoms with Crippen LogP contribution < -0.4 is 20.5 Å². The van der Waals surface area contributed by atoms with E-state index in [0.717, 1.165) is 5.56 Å². The zero-order valence-corrected chi connectivity index (χ0v) is 10.3. The van der Waals surface area contributed by atoms with E-state index in [1.165, 1.54) is 0 Å². The number of likely N-dealkylation sites (N-methyl/N-ethyl adjacent to an activating group) is 1. The number of benzene rings is 1. The lowest BCUT2D eigenvalue weighted by atomic mass is 10.2. The lowest BCUT2D eigenvalue weighted by Gasteiger charge is -2.15. The first-order valence-electron chi connectivity index (χ1n) is 5.32. The maximum Gasteiger partial charge on any atom is 0.238 e. The second-order valence-corrected chi connectivity index (χ2v) is 3.71. The standard InChI is InChI=1S/C12H18N2O3/c1-8-4-5-10(11(6-8)16-3)17-7-9(14-2)12(13)15/h4-6,9,14H,7H2,1-3H3,(H2,13,15). The van der Waals surface area contributed by atoms with E-state index in [-0.39, 0.29) is 6.61 Å². The van der Waals surface area contributed by atoms with Gasteiger partial charge in [0.05, 0.1) is 7.11 Å². The Kier molecular flexibility index (Phi) is 4.78. The Hall–Kier alpha value is -1.75. The van der Waals surface area contributed by atoms with Crippen molar-refractivity contribution in [3.05, 3.63) is 23.8 Å². The first-order valence-corrected chi connectivity index (χ1v) is 5.32. The van der Waals surface area contributed by atoms with E-state index in [9.17, 15) is 4.79 Å². The largest absolute Gasteiger partial charge is 0.493 e. The summed E-state index contributed by atoms with van der Waals surface area (Å²) in [6, 6.07) is 5.08. The van der Waals surface area contributed by atoms with Crippen LogP contribution in [0.2, 0.25) is 0 Å². The summed E-state index contributed by atoms with van der Waals surface area (Å²) in [4.78, 5) is 11.0. The van der Waals surface area contributed by atoms with E-state index >= 15 is 0 Å². The molecule has 1 amide bonds. The molecule has 1 unspecified atom stereocenters. The van der Waals surface area contributed by atoms with Crippen molar-refractivity contribution in [3.8, 4) is 11.5 Å². The fourth-order valence-electron chi connectivity index (χ4n) is 1.37. The molecule has 5 nitrogen and oxygen atoms in total. The Morgan fingerprint density at radius 2 is 2.18 bits per heavy atom. The number of aryl methyl sites for hydroxylation is 1. The van der Waals surface area contributed by atoms with Gasteiger partial charge in [0.15, 0.2) is 11.5 Å². The molecule has 0 aliphatic carbocycles. The Morgan fingerprint density at radius 1 is 1.47 bits per heavy atom. The van der Waals surface area contributed by atoms with Gasteiger partial charge in [-0.25, -0.2) is 0 Å². The summed E-state index contributed by atoms with van der Waals surface area (Å²) in [5.41, 5.74) is 6.27. The molecule has 0 aliphatic rings. The molecule has 17 heavy (non-hydrogen) atoms. The van der Waals surface area contributed by atoms with Crippen LogP contribution in [-0.2, 0) is 4.79 Å². The monoisotopic (exact) mass is 238 g/mol. The number of hydrogen-bond acceptors (Lipinski definition) is 4. The number of nitrogens with two attached hydrogens (primary N) is 1. The van der Waals surface area contributed by atoms with E-state index in [0.29, 0.717) is 11.5 Å². The number of ether oxygens (including phenoxy) is 2. The highest BCUT2D eigenvalue weighted by Gasteiger charge is 2.14. The van der Waals surface area contributed by atoms with Crippen molar-refractivity contribution in [1.29, 1.82) is 0 Å². The first-order chi connectivity index (χ1) is 8.08. The molecule has 0 aliphatic heterocycles. The summed E-state index contributed by atoms with van der Waals surface area (Å²) in [7, 11) is 3.23. The summed E-state index contributed by atoms with van der Waals surface area (Å²) >= 11 is 0. The molecule has 0 radical (unpaired) electrons. The van der Waals surface area contributed by atoms with Gasteiger partial charge in [-0.05, 0) is 31.7 Å². The van der Waals surface area contributed by atoms with Gasteiger partial charge in [-0.15, -0.1) is 0 Å². The fourth-order valence-corrected chi connectivity index (χ4v) is 1.37. The van der Waals surface area contributed by atoms with E-state index in [4.69, 9.17) is 15.2 Å². The predicted molar refractivity (Wildman–Crippen MR) is 65.3 cm³/mol. The highest BCUT2D eigenvalue weighted by Crippen LogP contribution is 2.27. The Bertz CT molecular complexity index is 393. The summed E-state index contributed by atoms with van der Waals surface area (Å²) in [6.07, 6.45) is 0. The summed E-state index contributed by atoms with van der Waals surface area (Å²) < 4.78 is 10.7. The predicted octanol–water partition coefficient (Wildman–Crippen LogP) is 0.456. The number of amides is 1. The fraction of sp³-hybridized carbons (Fsp3) is 0.417. The first kappa shape index (κ1) is 13.3. The molecule has 1 atom stereocenters. The molecule has 5 heteroatoms. The number of primary amides is 1. The summed E-state index contributed by atoms with van der Waals surface area (Å²) in [5.74, 6) is 0.794. The van der Waals surface area contributed by atoms with Crippen molar-refractivity contribution >= 4 is 5.91 Å². The number of hydrogen-bond donors (Lipinski definition) is 2. The van der Waals surface area contributed by atoms with Gasteiger partial charge in [-0.2, -0.15) is 0 Å². The second-order valence-electron chi connectivity index (χ2n) is 3.71. The molecule has 3 N–H and O–H groups in total. The second kappa shape index (κ2) is 6.10. The van der Waals surface area contributed by atoms with Gasteiger partial charge in [0.1, 0.15) is 12.6 Å². The number of methoxy groups -OCH3 is 1. The Morgan fingerprint density at radius 3 is 2.71 bits per heavy atom. The molecule has 94 valence electrons. The van der Waals surface area contributed by atoms with Crippen LogP contribution in [0.15, 0.2) is 18.2 Å². The van der Waals surface area contributed by atoms with Crippen molar-refractivity contribution in [1.82, 2.24) is 5.32 Å². The minimum atomic E-state index is -0.513. The lowest BCUT2D eigenvalue weighted by molar-refractivity contribution is -0.120. The van der Waals surface area contributed by atoms with Crippen LogP contribution in [0, 0.1) is 6.92 Å². The Balaban J connectivity index is 2.71. The molecular formula is C12H18N2O3. The minimum Gasteiger partial charge on any atom is -0.493 e. The third kappa shape index (κ3) is 3.64. The van der Waals surface area contributed by atoms with E-state index < -0.39 is 11.9 Å². The highest BCUT2D eigenvalue weighted by atomic mass is 16.5. The van der Waals surface area contributed by atoms with E-state index in [1.54, 1.807) is 14.2 Å². The van der Waals surface area contributed by atoms with E-state index in [1.807, 2.05) is 25.1 Å². The van der Waals surface area contributed by atoms with Gasteiger partial charge >= 0.3 is 0 Å². The zero-order valence-electron chi connectivity index (χ0n) is 10.3. The Labute approximate surface area is 101 Å². The SMILES string of the molecule is CNC(COc1ccc(C)cc1OC)C(N)=O. The van der Waals surface area contributed by atoms with Crippen LogP contribution >= 0.6 is 0 Å². The van der Waals surface area contributed by atoms with E-state index in [2.05, 4.69) is 5.32 Å². The molecule has 0 heterocycles. The quantitative estimate of drug-likeness (QED) is 0.755. The van der Waals surface area contributed by atoms with Crippen LogP contribution in [0.4, 0.5) is 0 Å². The molecule has 0 saturated carbocycles. The van der Waals surface area contributed by atoms with Crippen LogP contribution in [0.5, 0.6) is 11.5 Å². The summed E-state index contributed by atoms with van der Waals surface area (Å²) in [5, 5.41) is 2.78. The number of carbonyl (C=O) groups is 1.